The normalized spacial score (nSPS) is 20.4. The summed E-state index contributed by atoms with van der Waals surface area (Å²) in [5.41, 5.74) is 1.56. The fourth-order valence-corrected chi connectivity index (χ4v) is 0.866. The van der Waals surface area contributed by atoms with Crippen molar-refractivity contribution in [2.75, 3.05) is 0 Å². The van der Waals surface area contributed by atoms with Gasteiger partial charge in [0.25, 0.3) is 0 Å². The monoisotopic (exact) mass is 124 g/mol. The van der Waals surface area contributed by atoms with Crippen molar-refractivity contribution in [1.29, 1.82) is 0 Å². The van der Waals surface area contributed by atoms with E-state index < -0.39 is 0 Å². The number of hydrogen-bond donors (Lipinski definition) is 0. The molecule has 0 bridgehead atoms. The highest BCUT2D eigenvalue weighted by molar-refractivity contribution is 4.99. The molecule has 0 aromatic carbocycles. The fourth-order valence-electron chi connectivity index (χ4n) is 0.866. The second-order valence-corrected chi connectivity index (χ2v) is 3.08. The SMILES string of the molecule is CCC(C)=CCC1CC1. The minimum absolute atomic E-state index is 1.06. The Hall–Kier alpha value is -0.260. The first kappa shape index (κ1) is 6.85. The first-order chi connectivity index (χ1) is 4.33. The summed E-state index contributed by atoms with van der Waals surface area (Å²) in [5.74, 6) is 1.06. The Morgan fingerprint density at radius 1 is 1.56 bits per heavy atom. The quantitative estimate of drug-likeness (QED) is 0.507. The molecule has 0 unspecified atom stereocenters. The predicted octanol–water partition coefficient (Wildman–Crippen LogP) is 3.14. The second kappa shape index (κ2) is 3.05. The average molecular weight is 124 g/mol. The highest BCUT2D eigenvalue weighted by Gasteiger charge is 2.18. The van der Waals surface area contributed by atoms with Gasteiger partial charge in [0, 0.05) is 0 Å². The van der Waals surface area contributed by atoms with E-state index in [1.807, 2.05) is 0 Å². The Bertz CT molecular complexity index is 107. The van der Waals surface area contributed by atoms with Crippen molar-refractivity contribution in [3.63, 3.8) is 0 Å². The molecule has 1 rings (SSSR count). The number of hydrogen-bond acceptors (Lipinski definition) is 0. The molecule has 1 saturated carbocycles. The second-order valence-electron chi connectivity index (χ2n) is 3.08. The van der Waals surface area contributed by atoms with Gasteiger partial charge < -0.3 is 0 Å². The van der Waals surface area contributed by atoms with Gasteiger partial charge in [-0.05, 0) is 38.5 Å². The molecule has 0 radical (unpaired) electrons. The van der Waals surface area contributed by atoms with Crippen molar-refractivity contribution < 1.29 is 0 Å². The molecule has 0 heterocycles. The van der Waals surface area contributed by atoms with Crippen LogP contribution in [0.2, 0.25) is 0 Å². The maximum absolute atomic E-state index is 2.40. The molecule has 0 amide bonds. The lowest BCUT2D eigenvalue weighted by molar-refractivity contribution is 0.849. The third kappa shape index (κ3) is 2.69. The van der Waals surface area contributed by atoms with Crippen LogP contribution in [-0.4, -0.2) is 0 Å². The Morgan fingerprint density at radius 2 is 2.22 bits per heavy atom. The van der Waals surface area contributed by atoms with Crippen LogP contribution in [-0.2, 0) is 0 Å². The van der Waals surface area contributed by atoms with E-state index in [1.54, 1.807) is 5.57 Å². The zero-order chi connectivity index (χ0) is 6.69. The summed E-state index contributed by atoms with van der Waals surface area (Å²) in [4.78, 5) is 0. The molecular weight excluding hydrogens is 108 g/mol. The standard InChI is InChI=1S/C9H16/c1-3-8(2)4-5-9-6-7-9/h4,9H,3,5-7H2,1-2H3. The molecule has 0 aliphatic heterocycles. The van der Waals surface area contributed by atoms with Crippen LogP contribution >= 0.6 is 0 Å². The Balaban J connectivity index is 2.12. The van der Waals surface area contributed by atoms with Crippen LogP contribution in [0.25, 0.3) is 0 Å². The van der Waals surface area contributed by atoms with E-state index in [0.717, 1.165) is 5.92 Å². The van der Waals surface area contributed by atoms with Crippen molar-refractivity contribution >= 4 is 0 Å². The van der Waals surface area contributed by atoms with Gasteiger partial charge in [-0.15, -0.1) is 0 Å². The molecule has 0 saturated heterocycles. The van der Waals surface area contributed by atoms with E-state index in [2.05, 4.69) is 19.9 Å². The molecule has 0 atom stereocenters. The first-order valence-electron chi connectivity index (χ1n) is 3.98. The Morgan fingerprint density at radius 3 is 2.67 bits per heavy atom. The van der Waals surface area contributed by atoms with Crippen molar-refractivity contribution in [3.8, 4) is 0 Å². The topological polar surface area (TPSA) is 0 Å². The fraction of sp³-hybridized carbons (Fsp3) is 0.778. The van der Waals surface area contributed by atoms with Gasteiger partial charge in [-0.2, -0.15) is 0 Å². The molecule has 1 fully saturated rings. The highest BCUT2D eigenvalue weighted by atomic mass is 14.2. The van der Waals surface area contributed by atoms with Gasteiger partial charge in [-0.25, -0.2) is 0 Å². The van der Waals surface area contributed by atoms with Gasteiger partial charge in [0.05, 0.1) is 0 Å². The zero-order valence-corrected chi connectivity index (χ0v) is 6.48. The van der Waals surface area contributed by atoms with E-state index in [0.29, 0.717) is 0 Å². The molecule has 0 aromatic rings. The highest BCUT2D eigenvalue weighted by Crippen LogP contribution is 2.33. The van der Waals surface area contributed by atoms with Crippen LogP contribution in [0.4, 0.5) is 0 Å². The number of rotatable bonds is 3. The summed E-state index contributed by atoms with van der Waals surface area (Å²) in [6, 6.07) is 0. The molecule has 0 spiro atoms. The molecule has 1 aliphatic carbocycles. The van der Waals surface area contributed by atoms with Crippen LogP contribution in [0.5, 0.6) is 0 Å². The summed E-state index contributed by atoms with van der Waals surface area (Å²) in [5, 5.41) is 0. The predicted molar refractivity (Wildman–Crippen MR) is 41.4 cm³/mol. The number of allylic oxidation sites excluding steroid dienone is 2. The van der Waals surface area contributed by atoms with Crippen molar-refractivity contribution in [1.82, 2.24) is 0 Å². The summed E-state index contributed by atoms with van der Waals surface area (Å²) in [7, 11) is 0. The van der Waals surface area contributed by atoms with Crippen molar-refractivity contribution in [2.24, 2.45) is 5.92 Å². The average Bonchev–Trinajstić information content (AvgIpc) is 2.65. The van der Waals surface area contributed by atoms with Gasteiger partial charge in [0.1, 0.15) is 0 Å². The van der Waals surface area contributed by atoms with E-state index in [-0.39, 0.29) is 0 Å². The van der Waals surface area contributed by atoms with E-state index in [9.17, 15) is 0 Å². The molecule has 0 nitrogen and oxygen atoms in total. The lowest BCUT2D eigenvalue weighted by atomic mass is 10.1. The molecule has 0 N–H and O–H groups in total. The van der Waals surface area contributed by atoms with Gasteiger partial charge in [-0.3, -0.25) is 0 Å². The van der Waals surface area contributed by atoms with Crippen molar-refractivity contribution in [3.05, 3.63) is 11.6 Å². The van der Waals surface area contributed by atoms with Gasteiger partial charge in [0.15, 0.2) is 0 Å². The third-order valence-corrected chi connectivity index (χ3v) is 2.05. The van der Waals surface area contributed by atoms with Crippen LogP contribution < -0.4 is 0 Å². The van der Waals surface area contributed by atoms with Gasteiger partial charge in [0.2, 0.25) is 0 Å². The van der Waals surface area contributed by atoms with Gasteiger partial charge >= 0.3 is 0 Å². The summed E-state index contributed by atoms with van der Waals surface area (Å²) in [6.45, 7) is 4.45. The van der Waals surface area contributed by atoms with Crippen LogP contribution in [0.15, 0.2) is 11.6 Å². The van der Waals surface area contributed by atoms with Crippen LogP contribution in [0.1, 0.15) is 39.5 Å². The summed E-state index contributed by atoms with van der Waals surface area (Å²) in [6.07, 6.45) is 7.94. The lowest BCUT2D eigenvalue weighted by Crippen LogP contribution is -1.74. The molecule has 1 aliphatic rings. The van der Waals surface area contributed by atoms with Crippen LogP contribution in [0, 0.1) is 5.92 Å². The maximum Gasteiger partial charge on any atom is -0.0320 e. The van der Waals surface area contributed by atoms with Crippen LogP contribution in [0.3, 0.4) is 0 Å². The molecule has 0 heteroatoms. The molecule has 9 heavy (non-hydrogen) atoms. The van der Waals surface area contributed by atoms with Crippen molar-refractivity contribution in [2.45, 2.75) is 39.5 Å². The molecule has 52 valence electrons. The maximum atomic E-state index is 2.40. The summed E-state index contributed by atoms with van der Waals surface area (Å²) < 4.78 is 0. The Kier molecular flexibility index (Phi) is 2.32. The zero-order valence-electron chi connectivity index (χ0n) is 6.48. The molecule has 0 aromatic heterocycles. The first-order valence-corrected chi connectivity index (χ1v) is 3.98. The lowest BCUT2D eigenvalue weighted by Gasteiger charge is -1.92. The largest absolute Gasteiger partial charge is 0.0853 e. The van der Waals surface area contributed by atoms with E-state index in [4.69, 9.17) is 0 Å². The van der Waals surface area contributed by atoms with Gasteiger partial charge in [-0.1, -0.05) is 18.6 Å². The van der Waals surface area contributed by atoms with E-state index >= 15 is 0 Å². The van der Waals surface area contributed by atoms with E-state index in [1.165, 1.54) is 25.7 Å². The molecular formula is C9H16. The summed E-state index contributed by atoms with van der Waals surface area (Å²) >= 11 is 0. The minimum atomic E-state index is 1.06. The smallest absolute Gasteiger partial charge is 0.0320 e. The third-order valence-electron chi connectivity index (χ3n) is 2.05. The Labute approximate surface area is 58.0 Å². The minimum Gasteiger partial charge on any atom is -0.0853 e.